The normalized spacial score (nSPS) is 11.8. The minimum absolute atomic E-state index is 0.140. The summed E-state index contributed by atoms with van der Waals surface area (Å²) in [5, 5.41) is 16.5. The smallest absolute Gasteiger partial charge is 0.251 e. The van der Waals surface area contributed by atoms with Gasteiger partial charge in [0, 0.05) is 28.9 Å². The Balaban J connectivity index is 1.84. The second-order valence-electron chi connectivity index (χ2n) is 7.41. The minimum atomic E-state index is -0.358. The molecule has 0 radical (unpaired) electrons. The van der Waals surface area contributed by atoms with Crippen LogP contribution in [0.5, 0.6) is 0 Å². The van der Waals surface area contributed by atoms with Gasteiger partial charge in [-0.15, -0.1) is 0 Å². The van der Waals surface area contributed by atoms with Crippen LogP contribution in [0.1, 0.15) is 22.8 Å². The maximum atomic E-state index is 12.8. The van der Waals surface area contributed by atoms with Crippen molar-refractivity contribution in [3.05, 3.63) is 84.3 Å². The lowest BCUT2D eigenvalue weighted by Gasteiger charge is -2.14. The lowest BCUT2D eigenvalue weighted by molar-refractivity contribution is 0.0922. The Morgan fingerprint density at radius 2 is 1.87 bits per heavy atom. The monoisotopic (exact) mass is 413 g/mol. The van der Waals surface area contributed by atoms with E-state index in [4.69, 9.17) is 0 Å². The maximum Gasteiger partial charge on any atom is 0.251 e. The number of benzene rings is 2. The number of nitrogens with zero attached hydrogens (tertiary/aromatic N) is 4. The van der Waals surface area contributed by atoms with Gasteiger partial charge in [-0.2, -0.15) is 5.10 Å². The first kappa shape index (κ1) is 20.4. The molecule has 4 rings (SSSR count). The Morgan fingerprint density at radius 1 is 1.06 bits per heavy atom. The van der Waals surface area contributed by atoms with Gasteiger partial charge in [0.05, 0.1) is 18.0 Å². The molecule has 7 heteroatoms. The second kappa shape index (κ2) is 8.89. The molecule has 0 saturated heterocycles. The van der Waals surface area contributed by atoms with Gasteiger partial charge in [-0.3, -0.25) is 9.78 Å². The number of rotatable bonds is 6. The van der Waals surface area contributed by atoms with E-state index in [1.54, 1.807) is 29.9 Å². The second-order valence-corrected chi connectivity index (χ2v) is 7.41. The summed E-state index contributed by atoms with van der Waals surface area (Å²) in [5.41, 5.74) is 4.64. The number of hydrogen-bond donors (Lipinski definition) is 2. The first-order valence-corrected chi connectivity index (χ1v) is 10.0. The summed E-state index contributed by atoms with van der Waals surface area (Å²) < 4.78 is 1.71. The van der Waals surface area contributed by atoms with Crippen LogP contribution in [0.3, 0.4) is 0 Å². The van der Waals surface area contributed by atoms with Gasteiger partial charge in [0.1, 0.15) is 6.33 Å². The van der Waals surface area contributed by atoms with Crippen LogP contribution in [0.15, 0.2) is 73.2 Å². The third-order valence-corrected chi connectivity index (χ3v) is 4.86. The number of pyridine rings is 1. The molecule has 1 atom stereocenters. The fourth-order valence-electron chi connectivity index (χ4n) is 3.22. The van der Waals surface area contributed by atoms with Crippen molar-refractivity contribution in [2.45, 2.75) is 19.9 Å². The molecule has 2 heterocycles. The molecular weight excluding hydrogens is 390 g/mol. The Morgan fingerprint density at radius 3 is 2.58 bits per heavy atom. The number of carbonyl (C=O) groups is 1. The molecule has 0 aliphatic rings. The number of nitrogens with one attached hydrogen (secondary N) is 1. The third kappa shape index (κ3) is 4.51. The maximum absolute atomic E-state index is 12.8. The first-order valence-electron chi connectivity index (χ1n) is 10.0. The lowest BCUT2D eigenvalue weighted by Crippen LogP contribution is -2.35. The van der Waals surface area contributed by atoms with Crippen molar-refractivity contribution in [2.24, 2.45) is 0 Å². The number of amides is 1. The van der Waals surface area contributed by atoms with Gasteiger partial charge >= 0.3 is 0 Å². The summed E-state index contributed by atoms with van der Waals surface area (Å²) in [6.07, 6.45) is 3.28. The zero-order valence-corrected chi connectivity index (χ0v) is 17.4. The molecule has 0 spiro atoms. The molecule has 0 bridgehead atoms. The van der Waals surface area contributed by atoms with E-state index in [0.717, 1.165) is 22.4 Å². The van der Waals surface area contributed by atoms with Gasteiger partial charge in [-0.25, -0.2) is 9.67 Å². The highest BCUT2D eigenvalue weighted by atomic mass is 16.3. The predicted molar refractivity (Wildman–Crippen MR) is 119 cm³/mol. The molecule has 4 aromatic rings. The summed E-state index contributed by atoms with van der Waals surface area (Å²) in [6.45, 7) is 3.58. The van der Waals surface area contributed by atoms with Gasteiger partial charge in [0.2, 0.25) is 0 Å². The molecule has 0 aliphatic heterocycles. The lowest BCUT2D eigenvalue weighted by atomic mass is 10.0. The molecule has 156 valence electrons. The molecule has 2 N–H and O–H groups in total. The molecule has 0 unspecified atom stereocenters. The number of aliphatic hydroxyl groups is 1. The van der Waals surface area contributed by atoms with Crippen LogP contribution in [0.2, 0.25) is 0 Å². The molecule has 2 aromatic heterocycles. The first-order chi connectivity index (χ1) is 15.0. The van der Waals surface area contributed by atoms with Crippen LogP contribution >= 0.6 is 0 Å². The van der Waals surface area contributed by atoms with Crippen molar-refractivity contribution in [3.63, 3.8) is 0 Å². The summed E-state index contributed by atoms with van der Waals surface area (Å²) in [6, 6.07) is 18.8. The van der Waals surface area contributed by atoms with Gasteiger partial charge in [-0.05, 0) is 43.7 Å². The van der Waals surface area contributed by atoms with Crippen LogP contribution in [0.25, 0.3) is 28.3 Å². The highest BCUT2D eigenvalue weighted by Gasteiger charge is 2.16. The number of carbonyl (C=O) groups excluding carboxylic acids is 1. The van der Waals surface area contributed by atoms with E-state index in [-0.39, 0.29) is 18.6 Å². The highest BCUT2D eigenvalue weighted by molar-refractivity contribution is 5.96. The molecule has 0 aliphatic carbocycles. The number of aliphatic hydroxyl groups excluding tert-OH is 1. The van der Waals surface area contributed by atoms with E-state index in [1.807, 2.05) is 55.5 Å². The number of aryl methyl sites for hydroxylation is 1. The largest absolute Gasteiger partial charge is 0.394 e. The quantitative estimate of drug-likeness (QED) is 0.505. The standard InChI is InChI=1S/C24H23N5O2/c1-16-8-9-22(25-13-16)19-10-20(24(31)28-17(2)14-30)12-21(11-19)29-23(26-15-27-29)18-6-4-3-5-7-18/h3-13,15,17,30H,14H2,1-2H3,(H,28,31)/t17-/m0/s1. The van der Waals surface area contributed by atoms with E-state index < -0.39 is 0 Å². The SMILES string of the molecule is Cc1ccc(-c2cc(C(=O)N[C@@H](C)CO)cc(-n3ncnc3-c3ccccc3)c2)nc1. The van der Waals surface area contributed by atoms with Crippen molar-refractivity contribution in [1.82, 2.24) is 25.1 Å². The molecule has 31 heavy (non-hydrogen) atoms. The fourth-order valence-corrected chi connectivity index (χ4v) is 3.22. The van der Waals surface area contributed by atoms with Gasteiger partial charge in [-0.1, -0.05) is 36.4 Å². The number of aromatic nitrogens is 4. The van der Waals surface area contributed by atoms with Crippen LogP contribution in [0.4, 0.5) is 0 Å². The average molecular weight is 413 g/mol. The Kier molecular flexibility index (Phi) is 5.86. The Labute approximate surface area is 180 Å². The zero-order chi connectivity index (χ0) is 21.8. The molecule has 2 aromatic carbocycles. The van der Waals surface area contributed by atoms with Gasteiger partial charge < -0.3 is 10.4 Å². The summed E-state index contributed by atoms with van der Waals surface area (Å²) in [7, 11) is 0. The molecule has 0 saturated carbocycles. The summed E-state index contributed by atoms with van der Waals surface area (Å²) in [5.74, 6) is 0.392. The van der Waals surface area contributed by atoms with Crippen LogP contribution in [0, 0.1) is 6.92 Å². The average Bonchev–Trinajstić information content (AvgIpc) is 3.30. The van der Waals surface area contributed by atoms with Crippen LogP contribution in [-0.4, -0.2) is 43.4 Å². The van der Waals surface area contributed by atoms with Crippen molar-refractivity contribution in [2.75, 3.05) is 6.61 Å². The molecular formula is C24H23N5O2. The van der Waals surface area contributed by atoms with E-state index in [9.17, 15) is 9.90 Å². The molecule has 1 amide bonds. The van der Waals surface area contributed by atoms with Crippen molar-refractivity contribution >= 4 is 5.91 Å². The van der Waals surface area contributed by atoms with E-state index in [0.29, 0.717) is 17.1 Å². The van der Waals surface area contributed by atoms with Crippen molar-refractivity contribution in [3.8, 4) is 28.3 Å². The zero-order valence-electron chi connectivity index (χ0n) is 17.4. The van der Waals surface area contributed by atoms with Gasteiger partial charge in [0.25, 0.3) is 5.91 Å². The van der Waals surface area contributed by atoms with Crippen LogP contribution in [-0.2, 0) is 0 Å². The van der Waals surface area contributed by atoms with E-state index in [2.05, 4.69) is 20.4 Å². The molecule has 0 fully saturated rings. The van der Waals surface area contributed by atoms with Crippen LogP contribution < -0.4 is 5.32 Å². The van der Waals surface area contributed by atoms with E-state index >= 15 is 0 Å². The van der Waals surface area contributed by atoms with Crippen molar-refractivity contribution in [1.29, 1.82) is 0 Å². The topological polar surface area (TPSA) is 92.9 Å². The summed E-state index contributed by atoms with van der Waals surface area (Å²) >= 11 is 0. The third-order valence-electron chi connectivity index (χ3n) is 4.86. The van der Waals surface area contributed by atoms with Crippen molar-refractivity contribution < 1.29 is 9.90 Å². The predicted octanol–water partition coefficient (Wildman–Crippen LogP) is 3.42. The van der Waals surface area contributed by atoms with E-state index in [1.165, 1.54) is 6.33 Å². The number of hydrogen-bond acceptors (Lipinski definition) is 5. The minimum Gasteiger partial charge on any atom is -0.394 e. The Bertz CT molecular complexity index is 1190. The fraction of sp³-hybridized carbons (Fsp3) is 0.167. The summed E-state index contributed by atoms with van der Waals surface area (Å²) in [4.78, 5) is 21.8. The molecule has 7 nitrogen and oxygen atoms in total. The highest BCUT2D eigenvalue weighted by Crippen LogP contribution is 2.26. The van der Waals surface area contributed by atoms with Gasteiger partial charge in [0.15, 0.2) is 5.82 Å². The Hall–Kier alpha value is -3.84.